The van der Waals surface area contributed by atoms with Crippen LogP contribution in [0.2, 0.25) is 0 Å². The van der Waals surface area contributed by atoms with Crippen molar-refractivity contribution in [3.8, 4) is 0 Å². The molecule has 0 amide bonds. The average Bonchev–Trinajstić information content (AvgIpc) is 2.83. The number of fused-ring (bicyclic) bond motifs is 1. The molecule has 1 aromatic carbocycles. The van der Waals surface area contributed by atoms with E-state index in [1.807, 2.05) is 18.2 Å². The predicted molar refractivity (Wildman–Crippen MR) is 74.0 cm³/mol. The zero-order valence-electron chi connectivity index (χ0n) is 11.0. The summed E-state index contributed by atoms with van der Waals surface area (Å²) in [6.45, 7) is 1.98. The summed E-state index contributed by atoms with van der Waals surface area (Å²) in [5.74, 6) is 0.986. The summed E-state index contributed by atoms with van der Waals surface area (Å²) < 4.78 is 1.75. The van der Waals surface area contributed by atoms with Crippen molar-refractivity contribution in [2.24, 2.45) is 0 Å². The van der Waals surface area contributed by atoms with Crippen LogP contribution in [0.5, 0.6) is 0 Å². The SMILES string of the molecule is Cc1nc(N)c2[nH]c[n+](CC(=O)c3ccccc3)c2n1. The summed E-state index contributed by atoms with van der Waals surface area (Å²) >= 11 is 0. The topological polar surface area (TPSA) is 88.5 Å². The van der Waals surface area contributed by atoms with Crippen molar-refractivity contribution in [1.82, 2.24) is 15.0 Å². The third kappa shape index (κ3) is 2.11. The largest absolute Gasteiger partial charge is 0.380 e. The molecule has 0 fully saturated rings. The number of aromatic nitrogens is 4. The lowest BCUT2D eigenvalue weighted by Crippen LogP contribution is -2.37. The van der Waals surface area contributed by atoms with Gasteiger partial charge in [0, 0.05) is 12.5 Å². The highest BCUT2D eigenvalue weighted by Crippen LogP contribution is 2.11. The first-order valence-corrected chi connectivity index (χ1v) is 6.24. The molecule has 0 spiro atoms. The molecular formula is C14H14N5O+. The minimum Gasteiger partial charge on any atom is -0.380 e. The number of nitrogens with zero attached hydrogens (tertiary/aromatic N) is 3. The number of nitrogens with two attached hydrogens (primary N) is 1. The normalized spacial score (nSPS) is 10.8. The van der Waals surface area contributed by atoms with Crippen molar-refractivity contribution in [2.75, 3.05) is 5.73 Å². The Morgan fingerprint density at radius 3 is 2.80 bits per heavy atom. The smallest absolute Gasteiger partial charge is 0.307 e. The number of H-pyrrole nitrogens is 1. The summed E-state index contributed by atoms with van der Waals surface area (Å²) in [5.41, 5.74) is 7.79. The minimum atomic E-state index is 0.0198. The number of aryl methyl sites for hydroxylation is 1. The number of benzene rings is 1. The molecule has 3 aromatic rings. The van der Waals surface area contributed by atoms with Gasteiger partial charge in [-0.2, -0.15) is 4.98 Å². The lowest BCUT2D eigenvalue weighted by atomic mass is 10.1. The van der Waals surface area contributed by atoms with Crippen LogP contribution in [0.1, 0.15) is 16.2 Å². The Labute approximate surface area is 115 Å². The number of carbonyl (C=O) groups excluding carboxylic acids is 1. The van der Waals surface area contributed by atoms with E-state index in [1.165, 1.54) is 0 Å². The maximum absolute atomic E-state index is 12.2. The Bertz CT molecular complexity index is 779. The second kappa shape index (κ2) is 4.73. The van der Waals surface area contributed by atoms with Crippen LogP contribution in [0.3, 0.4) is 0 Å². The Kier molecular flexibility index (Phi) is 2.90. The van der Waals surface area contributed by atoms with Gasteiger partial charge in [0.05, 0.1) is 0 Å². The van der Waals surface area contributed by atoms with E-state index >= 15 is 0 Å². The first-order chi connectivity index (χ1) is 9.65. The maximum Gasteiger partial charge on any atom is 0.307 e. The lowest BCUT2D eigenvalue weighted by molar-refractivity contribution is -0.658. The molecule has 3 N–H and O–H groups in total. The standard InChI is InChI=1S/C14H13N5O/c1-9-17-13(15)12-14(18-9)19(8-16-12)7-11(20)10-5-3-2-4-6-10/h2-6,8H,7H2,1H3,(H2,15,17,18)/p+1. The second-order valence-electron chi connectivity index (χ2n) is 4.55. The zero-order valence-corrected chi connectivity index (χ0v) is 11.0. The zero-order chi connectivity index (χ0) is 14.1. The highest BCUT2D eigenvalue weighted by atomic mass is 16.1. The summed E-state index contributed by atoms with van der Waals surface area (Å²) in [6.07, 6.45) is 1.69. The minimum absolute atomic E-state index is 0.0198. The van der Waals surface area contributed by atoms with Gasteiger partial charge >= 0.3 is 5.65 Å². The summed E-state index contributed by atoms with van der Waals surface area (Å²) in [4.78, 5) is 23.6. The number of aromatic amines is 1. The molecule has 20 heavy (non-hydrogen) atoms. The molecule has 0 aliphatic heterocycles. The van der Waals surface area contributed by atoms with Crippen LogP contribution in [-0.2, 0) is 6.54 Å². The van der Waals surface area contributed by atoms with Crippen LogP contribution >= 0.6 is 0 Å². The first-order valence-electron chi connectivity index (χ1n) is 6.24. The van der Waals surface area contributed by atoms with Gasteiger partial charge in [0.1, 0.15) is 6.54 Å². The number of rotatable bonds is 3. The van der Waals surface area contributed by atoms with Crippen molar-refractivity contribution in [3.63, 3.8) is 0 Å². The van der Waals surface area contributed by atoms with Gasteiger partial charge in [-0.1, -0.05) is 35.3 Å². The monoisotopic (exact) mass is 268 g/mol. The van der Waals surface area contributed by atoms with Gasteiger partial charge < -0.3 is 5.73 Å². The van der Waals surface area contributed by atoms with E-state index in [0.717, 1.165) is 0 Å². The number of nitrogens with one attached hydrogen (secondary N) is 1. The number of nitrogen functional groups attached to an aromatic ring is 1. The van der Waals surface area contributed by atoms with Crippen LogP contribution in [0.15, 0.2) is 36.7 Å². The van der Waals surface area contributed by atoms with E-state index in [-0.39, 0.29) is 12.3 Å². The van der Waals surface area contributed by atoms with E-state index in [9.17, 15) is 4.79 Å². The molecule has 0 aliphatic rings. The predicted octanol–water partition coefficient (Wildman–Crippen LogP) is 1.02. The molecule has 2 heterocycles. The molecule has 6 nitrogen and oxygen atoms in total. The molecule has 100 valence electrons. The quantitative estimate of drug-likeness (QED) is 0.548. The number of carbonyl (C=O) groups is 1. The second-order valence-corrected chi connectivity index (χ2v) is 4.55. The lowest BCUT2D eigenvalue weighted by Gasteiger charge is -1.99. The van der Waals surface area contributed by atoms with Crippen molar-refractivity contribution in [1.29, 1.82) is 0 Å². The summed E-state index contributed by atoms with van der Waals surface area (Å²) in [7, 11) is 0. The molecule has 0 radical (unpaired) electrons. The van der Waals surface area contributed by atoms with Crippen LogP contribution in [0, 0.1) is 6.92 Å². The third-order valence-electron chi connectivity index (χ3n) is 3.08. The highest BCUT2D eigenvalue weighted by Gasteiger charge is 2.18. The van der Waals surface area contributed by atoms with Crippen molar-refractivity contribution < 1.29 is 9.36 Å². The molecule has 0 atom stereocenters. The van der Waals surface area contributed by atoms with Crippen LogP contribution < -0.4 is 10.3 Å². The van der Waals surface area contributed by atoms with E-state index in [2.05, 4.69) is 15.0 Å². The third-order valence-corrected chi connectivity index (χ3v) is 3.08. The first kappa shape index (κ1) is 12.3. The fraction of sp³-hybridized carbons (Fsp3) is 0.143. The van der Waals surface area contributed by atoms with Gasteiger partial charge in [0.25, 0.3) is 0 Å². The molecular weight excluding hydrogens is 254 g/mol. The van der Waals surface area contributed by atoms with Gasteiger partial charge in [-0.3, -0.25) is 9.78 Å². The van der Waals surface area contributed by atoms with Gasteiger partial charge in [0.2, 0.25) is 11.3 Å². The van der Waals surface area contributed by atoms with Crippen LogP contribution in [0.4, 0.5) is 5.82 Å². The van der Waals surface area contributed by atoms with Crippen molar-refractivity contribution >= 4 is 22.8 Å². The van der Waals surface area contributed by atoms with Crippen molar-refractivity contribution in [3.05, 3.63) is 48.0 Å². The number of imidazole rings is 1. The molecule has 2 aromatic heterocycles. The Morgan fingerprint density at radius 2 is 2.05 bits per heavy atom. The molecule has 6 heteroatoms. The van der Waals surface area contributed by atoms with Crippen LogP contribution in [-0.4, -0.2) is 20.7 Å². The number of hydrogen-bond donors (Lipinski definition) is 2. The molecule has 0 bridgehead atoms. The molecule has 0 aliphatic carbocycles. The van der Waals surface area contributed by atoms with Gasteiger partial charge in [-0.05, 0) is 0 Å². The summed E-state index contributed by atoms with van der Waals surface area (Å²) in [5, 5.41) is 0. The Morgan fingerprint density at radius 1 is 1.30 bits per heavy atom. The number of hydrogen-bond acceptors (Lipinski definition) is 4. The number of anilines is 1. The fourth-order valence-corrected chi connectivity index (χ4v) is 2.12. The van der Waals surface area contributed by atoms with E-state index in [0.29, 0.717) is 28.4 Å². The summed E-state index contributed by atoms with van der Waals surface area (Å²) in [6, 6.07) is 9.17. The van der Waals surface area contributed by atoms with Gasteiger partial charge in [-0.15, -0.1) is 0 Å². The number of ketones is 1. The fourth-order valence-electron chi connectivity index (χ4n) is 2.12. The Hall–Kier alpha value is -2.76. The Balaban J connectivity index is 1.98. The van der Waals surface area contributed by atoms with E-state index < -0.39 is 0 Å². The highest BCUT2D eigenvalue weighted by molar-refractivity contribution is 5.95. The van der Waals surface area contributed by atoms with Gasteiger partial charge in [-0.25, -0.2) is 4.57 Å². The van der Waals surface area contributed by atoms with E-state index in [4.69, 9.17) is 5.73 Å². The van der Waals surface area contributed by atoms with E-state index in [1.54, 1.807) is 30.0 Å². The maximum atomic E-state index is 12.2. The molecule has 0 saturated carbocycles. The van der Waals surface area contributed by atoms with Gasteiger partial charge in [0.15, 0.2) is 17.9 Å². The van der Waals surface area contributed by atoms with Crippen molar-refractivity contribution in [2.45, 2.75) is 13.5 Å². The molecule has 0 saturated heterocycles. The molecule has 0 unspecified atom stereocenters. The average molecular weight is 268 g/mol. The molecule has 3 rings (SSSR count). The number of Topliss-reactive ketones (excluding diaryl/α,β-unsaturated/α-hetero) is 1. The van der Waals surface area contributed by atoms with Crippen LogP contribution in [0.25, 0.3) is 11.2 Å².